The van der Waals surface area contributed by atoms with Crippen molar-refractivity contribution in [1.82, 2.24) is 0 Å². The summed E-state index contributed by atoms with van der Waals surface area (Å²) in [6, 6.07) is 34.9. The van der Waals surface area contributed by atoms with Crippen molar-refractivity contribution in [2.75, 3.05) is 17.4 Å². The summed E-state index contributed by atoms with van der Waals surface area (Å²) in [5.74, 6) is 0. The van der Waals surface area contributed by atoms with E-state index in [1.807, 2.05) is 11.8 Å². The maximum Gasteiger partial charge on any atom is 0.0612 e. The van der Waals surface area contributed by atoms with Crippen LogP contribution in [0.25, 0.3) is 0 Å². The molecule has 0 amide bonds. The Morgan fingerprint density at radius 2 is 1.23 bits per heavy atom. The first-order valence-electron chi connectivity index (χ1n) is 10.1. The van der Waals surface area contributed by atoms with E-state index in [4.69, 9.17) is 0 Å². The number of nitrogens with zero attached hydrogens (tertiary/aromatic N) is 1. The highest BCUT2D eigenvalue weighted by atomic mass is 32.3. The average molecular weight is 428 g/mol. The zero-order valence-corrected chi connectivity index (χ0v) is 19.1. The predicted octanol–water partition coefficient (Wildman–Crippen LogP) is 8.41. The summed E-state index contributed by atoms with van der Waals surface area (Å²) in [5.41, 5.74) is 5.01. The number of benzene rings is 4. The van der Waals surface area contributed by atoms with E-state index in [0.717, 1.165) is 0 Å². The van der Waals surface area contributed by atoms with Crippen molar-refractivity contribution in [1.29, 1.82) is 0 Å². The summed E-state index contributed by atoms with van der Waals surface area (Å²) in [6.07, 6.45) is 4.88. The molecule has 1 heterocycles. The van der Waals surface area contributed by atoms with Crippen molar-refractivity contribution in [2.24, 2.45) is 0 Å². The van der Waals surface area contributed by atoms with Crippen molar-refractivity contribution in [2.45, 2.75) is 26.5 Å². The molecule has 3 heteroatoms. The largest absolute Gasteiger partial charge is 0.309 e. The summed E-state index contributed by atoms with van der Waals surface area (Å²) in [7, 11) is -1.10. The standard InChI is InChI=1S/C27H25NS2/c1-20-18-19-23(26-27(20)30(2,3)25-17-11-10-16-24(25)29-26)28(21-12-6-4-7-13-21)22-14-8-5-9-15-22/h4-19H,1-3H3. The van der Waals surface area contributed by atoms with E-state index in [1.54, 1.807) is 0 Å². The molecular weight excluding hydrogens is 402 g/mol. The van der Waals surface area contributed by atoms with Crippen LogP contribution in [0.15, 0.2) is 117 Å². The Balaban J connectivity index is 1.78. The third-order valence-corrected chi connectivity index (χ3v) is 10.1. The number of hydrogen-bond acceptors (Lipinski definition) is 2. The molecule has 0 unspecified atom stereocenters. The fourth-order valence-corrected chi connectivity index (χ4v) is 9.52. The summed E-state index contributed by atoms with van der Waals surface area (Å²) in [4.78, 5) is 8.18. The second kappa shape index (κ2) is 7.57. The van der Waals surface area contributed by atoms with E-state index in [-0.39, 0.29) is 0 Å². The van der Waals surface area contributed by atoms with E-state index in [0.29, 0.717) is 0 Å². The number of fused-ring (bicyclic) bond motifs is 2. The lowest BCUT2D eigenvalue weighted by atomic mass is 10.1. The topological polar surface area (TPSA) is 3.24 Å². The molecule has 5 rings (SSSR count). The summed E-state index contributed by atoms with van der Waals surface area (Å²) >= 11 is 1.92. The van der Waals surface area contributed by atoms with Gasteiger partial charge in [-0.15, -0.1) is 0 Å². The molecule has 1 nitrogen and oxygen atoms in total. The van der Waals surface area contributed by atoms with Gasteiger partial charge in [0.1, 0.15) is 0 Å². The predicted molar refractivity (Wildman–Crippen MR) is 132 cm³/mol. The van der Waals surface area contributed by atoms with Crippen LogP contribution in [0.2, 0.25) is 0 Å². The van der Waals surface area contributed by atoms with Gasteiger partial charge in [-0.1, -0.05) is 66.4 Å². The van der Waals surface area contributed by atoms with E-state index >= 15 is 0 Å². The molecule has 0 radical (unpaired) electrons. The van der Waals surface area contributed by atoms with Crippen LogP contribution in [0, 0.1) is 6.92 Å². The van der Waals surface area contributed by atoms with Gasteiger partial charge in [0.25, 0.3) is 0 Å². The normalized spacial score (nSPS) is 15.0. The van der Waals surface area contributed by atoms with Crippen LogP contribution in [0.5, 0.6) is 0 Å². The molecule has 0 aliphatic carbocycles. The minimum absolute atomic E-state index is 1.10. The third-order valence-electron chi connectivity index (χ3n) is 5.68. The minimum Gasteiger partial charge on any atom is -0.309 e. The highest BCUT2D eigenvalue weighted by Crippen LogP contribution is 2.68. The van der Waals surface area contributed by atoms with E-state index in [9.17, 15) is 0 Å². The van der Waals surface area contributed by atoms with Gasteiger partial charge in [0, 0.05) is 31.0 Å². The molecule has 0 saturated carbocycles. The van der Waals surface area contributed by atoms with Crippen molar-refractivity contribution in [3.8, 4) is 0 Å². The molecule has 30 heavy (non-hydrogen) atoms. The fraction of sp³-hybridized carbons (Fsp3) is 0.111. The lowest BCUT2D eigenvalue weighted by Gasteiger charge is -2.42. The second-order valence-corrected chi connectivity index (χ2v) is 12.5. The molecule has 0 fully saturated rings. The first kappa shape index (κ1) is 19.3. The third kappa shape index (κ3) is 3.13. The summed E-state index contributed by atoms with van der Waals surface area (Å²) in [6.45, 7) is 2.27. The number of anilines is 3. The Kier molecular flexibility index (Phi) is 4.88. The van der Waals surface area contributed by atoms with Crippen molar-refractivity contribution in [3.05, 3.63) is 103 Å². The first-order chi connectivity index (χ1) is 14.6. The zero-order valence-electron chi connectivity index (χ0n) is 17.5. The summed E-state index contributed by atoms with van der Waals surface area (Å²) in [5, 5.41) is 0. The van der Waals surface area contributed by atoms with Crippen molar-refractivity contribution in [3.63, 3.8) is 0 Å². The maximum atomic E-state index is 2.44. The number of para-hydroxylation sites is 2. The van der Waals surface area contributed by atoms with Gasteiger partial charge >= 0.3 is 0 Å². The lowest BCUT2D eigenvalue weighted by Crippen LogP contribution is -2.15. The van der Waals surface area contributed by atoms with Crippen LogP contribution in [-0.4, -0.2) is 12.5 Å². The van der Waals surface area contributed by atoms with Gasteiger partial charge in [-0.25, -0.2) is 0 Å². The quantitative estimate of drug-likeness (QED) is 0.323. The molecule has 0 aromatic heterocycles. The maximum absolute atomic E-state index is 2.44. The Bertz CT molecular complexity index is 1160. The average Bonchev–Trinajstić information content (AvgIpc) is 2.77. The molecule has 150 valence electrons. The van der Waals surface area contributed by atoms with E-state index in [1.165, 1.54) is 42.2 Å². The molecule has 0 atom stereocenters. The van der Waals surface area contributed by atoms with Crippen LogP contribution < -0.4 is 4.90 Å². The molecule has 4 aromatic rings. The van der Waals surface area contributed by atoms with Gasteiger partial charge in [-0.05, 0) is 67.5 Å². The van der Waals surface area contributed by atoms with Gasteiger partial charge in [-0.2, -0.15) is 10.0 Å². The molecule has 1 aliphatic rings. The van der Waals surface area contributed by atoms with Gasteiger partial charge in [0.2, 0.25) is 0 Å². The molecule has 1 aliphatic heterocycles. The Labute approximate surface area is 185 Å². The fourth-order valence-electron chi connectivity index (χ4n) is 4.32. The van der Waals surface area contributed by atoms with E-state index in [2.05, 4.69) is 121 Å². The number of rotatable bonds is 3. The Morgan fingerprint density at radius 1 is 0.667 bits per heavy atom. The smallest absolute Gasteiger partial charge is 0.0612 e. The van der Waals surface area contributed by atoms with Crippen LogP contribution in [0.1, 0.15) is 5.56 Å². The Morgan fingerprint density at radius 3 is 1.87 bits per heavy atom. The van der Waals surface area contributed by atoms with Gasteiger partial charge in [-0.3, -0.25) is 0 Å². The Hall–Kier alpha value is -2.62. The van der Waals surface area contributed by atoms with Crippen molar-refractivity contribution < 1.29 is 0 Å². The van der Waals surface area contributed by atoms with Gasteiger partial charge in [0.15, 0.2) is 0 Å². The first-order valence-corrected chi connectivity index (χ1v) is 13.4. The van der Waals surface area contributed by atoms with Crippen molar-refractivity contribution >= 4 is 38.9 Å². The molecular formula is C27H25NS2. The number of aryl methyl sites for hydroxylation is 1. The molecule has 0 saturated heterocycles. The van der Waals surface area contributed by atoms with Crippen LogP contribution in [0.4, 0.5) is 17.1 Å². The second-order valence-electron chi connectivity index (χ2n) is 7.94. The van der Waals surface area contributed by atoms with Crippen LogP contribution in [-0.2, 0) is 0 Å². The lowest BCUT2D eigenvalue weighted by molar-refractivity contribution is 1.07. The molecule has 0 spiro atoms. The SMILES string of the molecule is Cc1ccc(N(c2ccccc2)c2ccccc2)c2c1S(C)(C)c1ccccc1S2. The molecule has 0 N–H and O–H groups in total. The number of hydrogen-bond donors (Lipinski definition) is 0. The van der Waals surface area contributed by atoms with Gasteiger partial charge in [0.05, 0.1) is 5.69 Å². The highest BCUT2D eigenvalue weighted by molar-refractivity contribution is 8.33. The monoisotopic (exact) mass is 427 g/mol. The highest BCUT2D eigenvalue weighted by Gasteiger charge is 2.33. The zero-order chi connectivity index (χ0) is 20.7. The van der Waals surface area contributed by atoms with E-state index < -0.39 is 10.0 Å². The van der Waals surface area contributed by atoms with Crippen LogP contribution >= 0.6 is 21.8 Å². The van der Waals surface area contributed by atoms with Gasteiger partial charge < -0.3 is 4.90 Å². The minimum atomic E-state index is -1.10. The van der Waals surface area contributed by atoms with Crippen LogP contribution in [0.3, 0.4) is 0 Å². The molecule has 4 aromatic carbocycles. The molecule has 0 bridgehead atoms. The summed E-state index contributed by atoms with van der Waals surface area (Å²) < 4.78 is 0.